The van der Waals surface area contributed by atoms with Gasteiger partial charge in [0.2, 0.25) is 0 Å². The van der Waals surface area contributed by atoms with Crippen LogP contribution in [0.1, 0.15) is 33.1 Å². The van der Waals surface area contributed by atoms with E-state index in [1.54, 1.807) is 0 Å². The van der Waals surface area contributed by atoms with Crippen molar-refractivity contribution in [2.45, 2.75) is 39.2 Å². The van der Waals surface area contributed by atoms with Gasteiger partial charge in [-0.05, 0) is 49.3 Å². The topological polar surface area (TPSA) is 20.3 Å². The van der Waals surface area contributed by atoms with Crippen molar-refractivity contribution in [2.24, 2.45) is 17.3 Å². The molecule has 4 unspecified atom stereocenters. The molecule has 0 aromatic rings. The zero-order valence-electron chi connectivity index (χ0n) is 10.3. The third kappa shape index (κ3) is 1.26. The van der Waals surface area contributed by atoms with E-state index in [9.17, 15) is 4.79 Å². The molecule has 3 rings (SSSR count). The van der Waals surface area contributed by atoms with Crippen molar-refractivity contribution >= 4 is 5.78 Å². The predicted octanol–water partition coefficient (Wildman–Crippen LogP) is 2.25. The Hall–Kier alpha value is -0.630. The highest BCUT2D eigenvalue weighted by Crippen LogP contribution is 2.57. The molecule has 0 aromatic heterocycles. The summed E-state index contributed by atoms with van der Waals surface area (Å²) in [5.41, 5.74) is 0.404. The van der Waals surface area contributed by atoms with Gasteiger partial charge in [-0.1, -0.05) is 19.9 Å². The number of ketones is 1. The van der Waals surface area contributed by atoms with E-state index in [-0.39, 0.29) is 0 Å². The van der Waals surface area contributed by atoms with Gasteiger partial charge in [-0.25, -0.2) is 0 Å². The second-order valence-corrected chi connectivity index (χ2v) is 5.94. The molecule has 2 heteroatoms. The van der Waals surface area contributed by atoms with Crippen LogP contribution < -0.4 is 0 Å². The van der Waals surface area contributed by atoms with Crippen molar-refractivity contribution in [3.05, 3.63) is 12.2 Å². The van der Waals surface area contributed by atoms with Crippen LogP contribution in [0, 0.1) is 17.3 Å². The maximum atomic E-state index is 11.6. The van der Waals surface area contributed by atoms with E-state index in [1.807, 2.05) is 6.08 Å². The van der Waals surface area contributed by atoms with Gasteiger partial charge in [0.05, 0.1) is 0 Å². The Bertz CT molecular complexity index is 349. The molecule has 16 heavy (non-hydrogen) atoms. The molecule has 0 radical (unpaired) electrons. The van der Waals surface area contributed by atoms with Crippen LogP contribution >= 0.6 is 0 Å². The van der Waals surface area contributed by atoms with Crippen molar-refractivity contribution in [2.75, 3.05) is 13.1 Å². The van der Waals surface area contributed by atoms with Gasteiger partial charge in [0, 0.05) is 12.5 Å². The minimum Gasteiger partial charge on any atom is -0.300 e. The minimum atomic E-state index is 0.345. The van der Waals surface area contributed by atoms with Gasteiger partial charge < -0.3 is 4.90 Å². The lowest BCUT2D eigenvalue weighted by Crippen LogP contribution is -2.36. The summed E-state index contributed by atoms with van der Waals surface area (Å²) in [5.74, 6) is 1.63. The molecule has 2 fully saturated rings. The summed E-state index contributed by atoms with van der Waals surface area (Å²) in [5, 5.41) is 0. The molecule has 1 aliphatic heterocycles. The second kappa shape index (κ2) is 3.43. The number of rotatable bonds is 1. The largest absolute Gasteiger partial charge is 0.300 e. The Labute approximate surface area is 97.7 Å². The van der Waals surface area contributed by atoms with Crippen molar-refractivity contribution in [1.82, 2.24) is 4.90 Å². The smallest absolute Gasteiger partial charge is 0.155 e. The molecule has 0 bridgehead atoms. The van der Waals surface area contributed by atoms with Crippen molar-refractivity contribution in [3.8, 4) is 0 Å². The molecule has 2 aliphatic carbocycles. The van der Waals surface area contributed by atoms with Crippen molar-refractivity contribution in [1.29, 1.82) is 0 Å². The molecular formula is C14H21NO. The number of carbonyl (C=O) groups is 1. The third-order valence-corrected chi connectivity index (χ3v) is 5.36. The van der Waals surface area contributed by atoms with Gasteiger partial charge in [0.1, 0.15) is 0 Å². The van der Waals surface area contributed by atoms with E-state index >= 15 is 0 Å². The van der Waals surface area contributed by atoms with Gasteiger partial charge in [-0.2, -0.15) is 0 Å². The van der Waals surface area contributed by atoms with Crippen LogP contribution in [0.15, 0.2) is 12.2 Å². The Balaban J connectivity index is 1.92. The Kier molecular flexibility index (Phi) is 2.25. The van der Waals surface area contributed by atoms with Crippen molar-refractivity contribution in [3.63, 3.8) is 0 Å². The molecule has 0 N–H and O–H groups in total. The summed E-state index contributed by atoms with van der Waals surface area (Å²) in [6, 6.07) is 0.725. The molecular weight excluding hydrogens is 198 g/mol. The van der Waals surface area contributed by atoms with Crippen LogP contribution in [0.25, 0.3) is 0 Å². The average molecular weight is 219 g/mol. The summed E-state index contributed by atoms with van der Waals surface area (Å²) in [7, 11) is 0. The lowest BCUT2D eigenvalue weighted by Gasteiger charge is -2.34. The van der Waals surface area contributed by atoms with E-state index in [0.29, 0.717) is 23.0 Å². The van der Waals surface area contributed by atoms with E-state index < -0.39 is 0 Å². The fraction of sp³-hybridized carbons (Fsp3) is 0.786. The monoisotopic (exact) mass is 219 g/mol. The number of likely N-dealkylation sites (tertiary alicyclic amines) is 1. The fourth-order valence-electron chi connectivity index (χ4n) is 4.38. The first kappa shape index (κ1) is 10.5. The van der Waals surface area contributed by atoms with Gasteiger partial charge in [-0.15, -0.1) is 0 Å². The summed E-state index contributed by atoms with van der Waals surface area (Å²) in [6.45, 7) is 7.08. The highest BCUT2D eigenvalue weighted by molar-refractivity contribution is 5.90. The van der Waals surface area contributed by atoms with Crippen LogP contribution in [0.5, 0.6) is 0 Å². The summed E-state index contributed by atoms with van der Waals surface area (Å²) < 4.78 is 0. The first-order valence-corrected chi connectivity index (χ1v) is 6.60. The predicted molar refractivity (Wildman–Crippen MR) is 64.1 cm³/mol. The average Bonchev–Trinajstić information content (AvgIpc) is 2.72. The maximum absolute atomic E-state index is 11.6. The zero-order chi connectivity index (χ0) is 11.3. The summed E-state index contributed by atoms with van der Waals surface area (Å²) >= 11 is 0. The SMILES string of the molecule is CCN1CCC2(C)C3CC(=O)C=CC3CC12. The van der Waals surface area contributed by atoms with E-state index in [2.05, 4.69) is 24.8 Å². The van der Waals surface area contributed by atoms with Gasteiger partial charge in [0.25, 0.3) is 0 Å². The van der Waals surface area contributed by atoms with E-state index in [4.69, 9.17) is 0 Å². The van der Waals surface area contributed by atoms with Gasteiger partial charge in [0.15, 0.2) is 5.78 Å². The number of hydrogen-bond donors (Lipinski definition) is 0. The quantitative estimate of drug-likeness (QED) is 0.674. The van der Waals surface area contributed by atoms with Gasteiger partial charge >= 0.3 is 0 Å². The zero-order valence-corrected chi connectivity index (χ0v) is 10.3. The number of nitrogens with zero attached hydrogens (tertiary/aromatic N) is 1. The minimum absolute atomic E-state index is 0.345. The molecule has 3 aliphatic rings. The second-order valence-electron chi connectivity index (χ2n) is 5.94. The Morgan fingerprint density at radius 1 is 1.56 bits per heavy atom. The molecule has 88 valence electrons. The Morgan fingerprint density at radius 3 is 3.12 bits per heavy atom. The fourth-order valence-corrected chi connectivity index (χ4v) is 4.38. The number of hydrogen-bond acceptors (Lipinski definition) is 2. The highest BCUT2D eigenvalue weighted by Gasteiger charge is 2.56. The van der Waals surface area contributed by atoms with Crippen LogP contribution in [0.3, 0.4) is 0 Å². The normalized spacial score (nSPS) is 47.1. The van der Waals surface area contributed by atoms with Crippen LogP contribution in [0.4, 0.5) is 0 Å². The number of allylic oxidation sites excluding steroid dienone is 2. The molecule has 2 nitrogen and oxygen atoms in total. The Morgan fingerprint density at radius 2 is 2.38 bits per heavy atom. The van der Waals surface area contributed by atoms with Crippen molar-refractivity contribution < 1.29 is 4.79 Å². The lowest BCUT2D eigenvalue weighted by atomic mass is 9.71. The lowest BCUT2D eigenvalue weighted by molar-refractivity contribution is -0.117. The molecule has 1 saturated heterocycles. The summed E-state index contributed by atoms with van der Waals surface area (Å²) in [4.78, 5) is 14.2. The maximum Gasteiger partial charge on any atom is 0.155 e. The van der Waals surface area contributed by atoms with Gasteiger partial charge in [-0.3, -0.25) is 4.79 Å². The van der Waals surface area contributed by atoms with Crippen LogP contribution in [-0.2, 0) is 4.79 Å². The number of fused-ring (bicyclic) bond motifs is 3. The standard InChI is InChI=1S/C14H21NO/c1-3-15-7-6-14(2)12-9-11(16)5-4-10(12)8-13(14)15/h4-5,10,12-13H,3,6-9H2,1-2H3. The first-order chi connectivity index (χ1) is 7.65. The highest BCUT2D eigenvalue weighted by atomic mass is 16.1. The molecule has 0 amide bonds. The van der Waals surface area contributed by atoms with E-state index in [1.165, 1.54) is 19.4 Å². The molecule has 0 aromatic carbocycles. The van der Waals surface area contributed by atoms with E-state index in [0.717, 1.165) is 19.0 Å². The number of carbonyl (C=O) groups excluding carboxylic acids is 1. The molecule has 1 heterocycles. The third-order valence-electron chi connectivity index (χ3n) is 5.36. The molecule has 1 saturated carbocycles. The first-order valence-electron chi connectivity index (χ1n) is 6.60. The molecule has 4 atom stereocenters. The van der Waals surface area contributed by atoms with Crippen LogP contribution in [0.2, 0.25) is 0 Å². The van der Waals surface area contributed by atoms with Crippen LogP contribution in [-0.4, -0.2) is 29.8 Å². The summed E-state index contributed by atoms with van der Waals surface area (Å²) in [6.07, 6.45) is 7.37. The molecule has 0 spiro atoms.